The normalized spacial score (nSPS) is 21.0. The summed E-state index contributed by atoms with van der Waals surface area (Å²) in [5, 5.41) is 0. The zero-order valence-electron chi connectivity index (χ0n) is 13.2. The summed E-state index contributed by atoms with van der Waals surface area (Å²) in [5.74, 6) is 6.97. The summed E-state index contributed by atoms with van der Waals surface area (Å²) in [6.45, 7) is 3.16. The van der Waals surface area contributed by atoms with Gasteiger partial charge in [0.05, 0.1) is 6.61 Å². The van der Waals surface area contributed by atoms with Crippen LogP contribution in [0.4, 0.5) is 0 Å². The van der Waals surface area contributed by atoms with E-state index in [1.54, 1.807) is 0 Å². The zero-order chi connectivity index (χ0) is 14.7. The molecule has 0 aromatic heterocycles. The predicted octanol–water partition coefficient (Wildman–Crippen LogP) is 3.36. The van der Waals surface area contributed by atoms with Crippen molar-refractivity contribution in [2.45, 2.75) is 64.3 Å². The van der Waals surface area contributed by atoms with Crippen molar-refractivity contribution in [3.05, 3.63) is 29.3 Å². The molecular formula is C18H28N2O. The van der Waals surface area contributed by atoms with E-state index in [1.165, 1.54) is 43.2 Å². The van der Waals surface area contributed by atoms with Crippen molar-refractivity contribution in [2.24, 2.45) is 11.3 Å². The molecule has 0 spiro atoms. The van der Waals surface area contributed by atoms with Gasteiger partial charge in [-0.1, -0.05) is 31.9 Å². The van der Waals surface area contributed by atoms with E-state index in [0.717, 1.165) is 31.6 Å². The van der Waals surface area contributed by atoms with Gasteiger partial charge >= 0.3 is 0 Å². The summed E-state index contributed by atoms with van der Waals surface area (Å²) in [5.41, 5.74) is 6.35. The molecule has 0 saturated heterocycles. The SMILES string of the molecule is CCC1(C(CCc2ccc3c(c2)CCO3)NN)CCCC1. The van der Waals surface area contributed by atoms with Gasteiger partial charge < -0.3 is 4.74 Å². The highest BCUT2D eigenvalue weighted by Crippen LogP contribution is 2.44. The number of rotatable bonds is 6. The zero-order valence-corrected chi connectivity index (χ0v) is 13.2. The third kappa shape index (κ3) is 2.95. The quantitative estimate of drug-likeness (QED) is 0.623. The Bertz CT molecular complexity index is 480. The molecular weight excluding hydrogens is 260 g/mol. The monoisotopic (exact) mass is 288 g/mol. The van der Waals surface area contributed by atoms with E-state index in [-0.39, 0.29) is 0 Å². The van der Waals surface area contributed by atoms with Gasteiger partial charge in [-0.15, -0.1) is 0 Å². The van der Waals surface area contributed by atoms with E-state index in [2.05, 4.69) is 30.5 Å². The molecule has 1 saturated carbocycles. The van der Waals surface area contributed by atoms with Crippen LogP contribution in [-0.4, -0.2) is 12.6 Å². The molecule has 1 aliphatic carbocycles. The molecule has 1 unspecified atom stereocenters. The average Bonchev–Trinajstić information content (AvgIpc) is 3.17. The molecule has 3 nitrogen and oxygen atoms in total. The first-order valence-electron chi connectivity index (χ1n) is 8.48. The van der Waals surface area contributed by atoms with Crippen LogP contribution in [0, 0.1) is 5.41 Å². The van der Waals surface area contributed by atoms with E-state index in [4.69, 9.17) is 10.6 Å². The summed E-state index contributed by atoms with van der Waals surface area (Å²) in [4.78, 5) is 0. The van der Waals surface area contributed by atoms with E-state index in [0.29, 0.717) is 11.5 Å². The van der Waals surface area contributed by atoms with Crippen LogP contribution in [0.25, 0.3) is 0 Å². The largest absolute Gasteiger partial charge is 0.493 e. The van der Waals surface area contributed by atoms with Crippen LogP contribution in [0.5, 0.6) is 5.75 Å². The van der Waals surface area contributed by atoms with Gasteiger partial charge in [0.2, 0.25) is 0 Å². The maximum Gasteiger partial charge on any atom is 0.122 e. The standard InChI is InChI=1S/C18H28N2O/c1-2-18(10-3-4-11-18)17(20-19)8-6-14-5-7-16-15(13-14)9-12-21-16/h5,7,13,17,20H,2-4,6,8-12,19H2,1H3. The van der Waals surface area contributed by atoms with Gasteiger partial charge in [-0.3, -0.25) is 11.3 Å². The Balaban J connectivity index is 1.65. The molecule has 1 aromatic rings. The summed E-state index contributed by atoms with van der Waals surface area (Å²) in [7, 11) is 0. The Hall–Kier alpha value is -1.06. The molecule has 1 aromatic carbocycles. The van der Waals surface area contributed by atoms with Crippen LogP contribution in [0.15, 0.2) is 18.2 Å². The van der Waals surface area contributed by atoms with Gasteiger partial charge in [0.1, 0.15) is 5.75 Å². The molecule has 1 fully saturated rings. The van der Waals surface area contributed by atoms with Gasteiger partial charge in [-0.2, -0.15) is 0 Å². The molecule has 3 rings (SSSR count). The molecule has 21 heavy (non-hydrogen) atoms. The predicted molar refractivity (Wildman–Crippen MR) is 86.3 cm³/mol. The van der Waals surface area contributed by atoms with E-state index in [9.17, 15) is 0 Å². The minimum atomic E-state index is 0.425. The van der Waals surface area contributed by atoms with Crippen LogP contribution in [0.3, 0.4) is 0 Å². The number of hydrazine groups is 1. The maximum atomic E-state index is 5.90. The van der Waals surface area contributed by atoms with Gasteiger partial charge in [-0.25, -0.2) is 0 Å². The van der Waals surface area contributed by atoms with Crippen LogP contribution in [0.1, 0.15) is 56.6 Å². The van der Waals surface area contributed by atoms with Crippen molar-refractivity contribution in [1.29, 1.82) is 0 Å². The highest BCUT2D eigenvalue weighted by atomic mass is 16.5. The van der Waals surface area contributed by atoms with Gasteiger partial charge in [0.25, 0.3) is 0 Å². The summed E-state index contributed by atoms with van der Waals surface area (Å²) in [6, 6.07) is 7.11. The first kappa shape index (κ1) is 14.9. The molecule has 1 atom stereocenters. The molecule has 116 valence electrons. The van der Waals surface area contributed by atoms with Gasteiger partial charge in [-0.05, 0) is 54.7 Å². The second kappa shape index (κ2) is 6.37. The van der Waals surface area contributed by atoms with E-state index in [1.807, 2.05) is 0 Å². The minimum Gasteiger partial charge on any atom is -0.493 e. The summed E-state index contributed by atoms with van der Waals surface area (Å²) < 4.78 is 5.58. The van der Waals surface area contributed by atoms with Crippen LogP contribution in [0.2, 0.25) is 0 Å². The minimum absolute atomic E-state index is 0.425. The number of fused-ring (bicyclic) bond motifs is 1. The molecule has 0 bridgehead atoms. The van der Waals surface area contributed by atoms with Crippen LogP contribution < -0.4 is 16.0 Å². The third-order valence-electron chi connectivity index (χ3n) is 5.72. The highest BCUT2D eigenvalue weighted by Gasteiger charge is 2.38. The van der Waals surface area contributed by atoms with Crippen molar-refractivity contribution in [3.63, 3.8) is 0 Å². The second-order valence-electron chi connectivity index (χ2n) is 6.72. The average molecular weight is 288 g/mol. The number of aryl methyl sites for hydroxylation is 1. The molecule has 2 aliphatic rings. The molecule has 1 heterocycles. The lowest BCUT2D eigenvalue weighted by atomic mass is 9.74. The first-order valence-corrected chi connectivity index (χ1v) is 8.48. The Morgan fingerprint density at radius 3 is 2.86 bits per heavy atom. The lowest BCUT2D eigenvalue weighted by Crippen LogP contribution is -2.47. The number of hydrogen-bond donors (Lipinski definition) is 2. The fraction of sp³-hybridized carbons (Fsp3) is 0.667. The lowest BCUT2D eigenvalue weighted by Gasteiger charge is -2.36. The smallest absolute Gasteiger partial charge is 0.122 e. The number of hydrogen-bond acceptors (Lipinski definition) is 3. The Morgan fingerprint density at radius 2 is 2.14 bits per heavy atom. The Morgan fingerprint density at radius 1 is 1.33 bits per heavy atom. The fourth-order valence-electron chi connectivity index (χ4n) is 4.30. The Kier molecular flexibility index (Phi) is 4.51. The summed E-state index contributed by atoms with van der Waals surface area (Å²) >= 11 is 0. The molecule has 0 radical (unpaired) electrons. The van der Waals surface area contributed by atoms with Gasteiger partial charge in [0.15, 0.2) is 0 Å². The number of nitrogens with one attached hydrogen (secondary N) is 1. The van der Waals surface area contributed by atoms with Crippen molar-refractivity contribution >= 4 is 0 Å². The van der Waals surface area contributed by atoms with Crippen molar-refractivity contribution in [3.8, 4) is 5.75 Å². The second-order valence-corrected chi connectivity index (χ2v) is 6.72. The molecule has 1 aliphatic heterocycles. The molecule has 3 N–H and O–H groups in total. The van der Waals surface area contributed by atoms with Crippen LogP contribution in [-0.2, 0) is 12.8 Å². The maximum absolute atomic E-state index is 5.90. The number of benzene rings is 1. The molecule has 3 heteroatoms. The van der Waals surface area contributed by atoms with Gasteiger partial charge in [0, 0.05) is 12.5 Å². The topological polar surface area (TPSA) is 47.3 Å². The van der Waals surface area contributed by atoms with Crippen LogP contribution >= 0.6 is 0 Å². The summed E-state index contributed by atoms with van der Waals surface area (Å²) in [6.07, 6.45) is 9.91. The first-order chi connectivity index (χ1) is 10.3. The third-order valence-corrected chi connectivity index (χ3v) is 5.72. The highest BCUT2D eigenvalue weighted by molar-refractivity contribution is 5.39. The fourth-order valence-corrected chi connectivity index (χ4v) is 4.30. The van der Waals surface area contributed by atoms with Crippen molar-refractivity contribution in [2.75, 3.05) is 6.61 Å². The Labute approximate surface area is 128 Å². The van der Waals surface area contributed by atoms with E-state index < -0.39 is 0 Å². The lowest BCUT2D eigenvalue weighted by molar-refractivity contribution is 0.177. The molecule has 0 amide bonds. The van der Waals surface area contributed by atoms with E-state index >= 15 is 0 Å². The van der Waals surface area contributed by atoms with Crippen molar-refractivity contribution < 1.29 is 4.74 Å². The number of ether oxygens (including phenoxy) is 1. The number of nitrogens with two attached hydrogens (primary N) is 1. The van der Waals surface area contributed by atoms with Crippen molar-refractivity contribution in [1.82, 2.24) is 5.43 Å².